The van der Waals surface area contributed by atoms with Crippen molar-refractivity contribution in [2.45, 2.75) is 32.7 Å². The van der Waals surface area contributed by atoms with Crippen LogP contribution in [0.25, 0.3) is 0 Å². The highest BCUT2D eigenvalue weighted by molar-refractivity contribution is 5.74. The van der Waals surface area contributed by atoms with Gasteiger partial charge in [0.2, 0.25) is 0 Å². The first kappa shape index (κ1) is 18.9. The summed E-state index contributed by atoms with van der Waals surface area (Å²) in [6.45, 7) is 6.20. The zero-order valence-electron chi connectivity index (χ0n) is 14.9. The molecular weight excluding hydrogens is 322 g/mol. The van der Waals surface area contributed by atoms with Crippen molar-refractivity contribution in [2.75, 3.05) is 32.8 Å². The molecule has 0 aliphatic carbocycles. The summed E-state index contributed by atoms with van der Waals surface area (Å²) in [5.41, 5.74) is 1.07. The lowest BCUT2D eigenvalue weighted by Crippen LogP contribution is -2.49. The third-order valence-electron chi connectivity index (χ3n) is 4.09. The fourth-order valence-electron chi connectivity index (χ4n) is 2.70. The van der Waals surface area contributed by atoms with Crippen molar-refractivity contribution in [3.8, 4) is 5.75 Å². The summed E-state index contributed by atoms with van der Waals surface area (Å²) in [4.78, 5) is 25.2. The minimum absolute atomic E-state index is 0.0722. The second-order valence-corrected chi connectivity index (χ2v) is 5.97. The molecule has 0 saturated carbocycles. The molecule has 0 aromatic heterocycles. The summed E-state index contributed by atoms with van der Waals surface area (Å²) < 4.78 is 10.6. The molecule has 1 aromatic carbocycles. The number of carbonyl (C=O) groups excluding carboxylic acids is 2. The van der Waals surface area contributed by atoms with Gasteiger partial charge in [-0.05, 0) is 38.3 Å². The number of carbonyl (C=O) groups is 2. The van der Waals surface area contributed by atoms with Crippen LogP contribution >= 0.6 is 0 Å². The molecule has 0 unspecified atom stereocenters. The van der Waals surface area contributed by atoms with Gasteiger partial charge in [0.25, 0.3) is 0 Å². The van der Waals surface area contributed by atoms with E-state index in [4.69, 9.17) is 9.47 Å². The van der Waals surface area contributed by atoms with Crippen LogP contribution in [0.15, 0.2) is 24.3 Å². The fourth-order valence-corrected chi connectivity index (χ4v) is 2.70. The van der Waals surface area contributed by atoms with Gasteiger partial charge in [-0.25, -0.2) is 9.59 Å². The van der Waals surface area contributed by atoms with Gasteiger partial charge < -0.3 is 25.0 Å². The topological polar surface area (TPSA) is 79.9 Å². The number of hydrogen-bond donors (Lipinski definition) is 2. The molecule has 1 saturated heterocycles. The van der Waals surface area contributed by atoms with Gasteiger partial charge in [0.1, 0.15) is 12.4 Å². The van der Waals surface area contributed by atoms with Crippen LogP contribution < -0.4 is 15.4 Å². The first-order valence-corrected chi connectivity index (χ1v) is 8.74. The molecule has 0 spiro atoms. The molecule has 1 fully saturated rings. The molecule has 138 valence electrons. The predicted octanol–water partition coefficient (Wildman–Crippen LogP) is 2.29. The van der Waals surface area contributed by atoms with Crippen LogP contribution in [0.2, 0.25) is 0 Å². The van der Waals surface area contributed by atoms with E-state index in [-0.39, 0.29) is 18.2 Å². The van der Waals surface area contributed by atoms with E-state index >= 15 is 0 Å². The highest BCUT2D eigenvalue weighted by atomic mass is 16.6. The Hall–Kier alpha value is -2.44. The highest BCUT2D eigenvalue weighted by Gasteiger charge is 2.24. The summed E-state index contributed by atoms with van der Waals surface area (Å²) in [6, 6.07) is 7.64. The Kier molecular flexibility index (Phi) is 7.37. The van der Waals surface area contributed by atoms with Crippen LogP contribution in [0, 0.1) is 6.92 Å². The number of piperidine rings is 1. The van der Waals surface area contributed by atoms with Crippen LogP contribution in [-0.2, 0) is 4.74 Å². The van der Waals surface area contributed by atoms with Crippen molar-refractivity contribution in [3.63, 3.8) is 0 Å². The lowest BCUT2D eigenvalue weighted by Gasteiger charge is -2.31. The maximum Gasteiger partial charge on any atom is 0.409 e. The van der Waals surface area contributed by atoms with E-state index in [1.165, 1.54) is 0 Å². The molecule has 7 heteroatoms. The standard InChI is InChI=1S/C18H27N3O4/c1-3-24-18(23)21-11-8-15(9-12-21)20-17(22)19-10-13-25-16-7-5-4-6-14(16)2/h4-7,15H,3,8-13H2,1-2H3,(H2,19,20,22). The van der Waals surface area contributed by atoms with Gasteiger partial charge in [-0.3, -0.25) is 0 Å². The van der Waals surface area contributed by atoms with E-state index in [1.807, 2.05) is 31.2 Å². The van der Waals surface area contributed by atoms with E-state index in [2.05, 4.69) is 10.6 Å². The van der Waals surface area contributed by atoms with E-state index in [9.17, 15) is 9.59 Å². The average Bonchev–Trinajstić information content (AvgIpc) is 2.61. The Morgan fingerprint density at radius 3 is 2.64 bits per heavy atom. The fraction of sp³-hybridized carbons (Fsp3) is 0.556. The van der Waals surface area contributed by atoms with Crippen LogP contribution in [0.5, 0.6) is 5.75 Å². The molecule has 2 N–H and O–H groups in total. The number of nitrogens with one attached hydrogen (secondary N) is 2. The summed E-state index contributed by atoms with van der Waals surface area (Å²) >= 11 is 0. The van der Waals surface area contributed by atoms with Crippen molar-refractivity contribution in [1.82, 2.24) is 15.5 Å². The monoisotopic (exact) mass is 349 g/mol. The number of para-hydroxylation sites is 1. The van der Waals surface area contributed by atoms with Crippen molar-refractivity contribution < 1.29 is 19.1 Å². The third kappa shape index (κ3) is 6.17. The van der Waals surface area contributed by atoms with Gasteiger partial charge in [-0.1, -0.05) is 18.2 Å². The molecular formula is C18H27N3O4. The van der Waals surface area contributed by atoms with Crippen LogP contribution in [0.3, 0.4) is 0 Å². The minimum Gasteiger partial charge on any atom is -0.491 e. The van der Waals surface area contributed by atoms with Gasteiger partial charge >= 0.3 is 12.1 Å². The average molecular weight is 349 g/mol. The van der Waals surface area contributed by atoms with Gasteiger partial charge in [0.15, 0.2) is 0 Å². The third-order valence-corrected chi connectivity index (χ3v) is 4.09. The molecule has 7 nitrogen and oxygen atoms in total. The highest BCUT2D eigenvalue weighted by Crippen LogP contribution is 2.15. The molecule has 25 heavy (non-hydrogen) atoms. The van der Waals surface area contributed by atoms with E-state index < -0.39 is 0 Å². The molecule has 0 bridgehead atoms. The predicted molar refractivity (Wildman–Crippen MR) is 94.8 cm³/mol. The summed E-state index contributed by atoms with van der Waals surface area (Å²) in [6.07, 6.45) is 1.18. The van der Waals surface area contributed by atoms with Crippen molar-refractivity contribution in [1.29, 1.82) is 0 Å². The lowest BCUT2D eigenvalue weighted by atomic mass is 10.1. The first-order chi connectivity index (χ1) is 12.1. The lowest BCUT2D eigenvalue weighted by molar-refractivity contribution is 0.0957. The van der Waals surface area contributed by atoms with E-state index in [0.717, 1.165) is 24.2 Å². The Bertz CT molecular complexity index is 571. The number of amides is 3. The maximum atomic E-state index is 11.9. The second kappa shape index (κ2) is 9.76. The van der Waals surface area contributed by atoms with Gasteiger partial charge in [0.05, 0.1) is 13.2 Å². The molecule has 2 rings (SSSR count). The Morgan fingerprint density at radius 2 is 1.96 bits per heavy atom. The molecule has 1 aromatic rings. The number of nitrogens with zero attached hydrogens (tertiary/aromatic N) is 1. The van der Waals surface area contributed by atoms with Crippen molar-refractivity contribution in [3.05, 3.63) is 29.8 Å². The van der Waals surface area contributed by atoms with Gasteiger partial charge in [-0.15, -0.1) is 0 Å². The van der Waals surface area contributed by atoms with Crippen LogP contribution in [0.4, 0.5) is 9.59 Å². The Morgan fingerprint density at radius 1 is 1.24 bits per heavy atom. The van der Waals surface area contributed by atoms with Crippen molar-refractivity contribution >= 4 is 12.1 Å². The van der Waals surface area contributed by atoms with Crippen LogP contribution in [-0.4, -0.2) is 55.9 Å². The molecule has 1 aliphatic heterocycles. The zero-order valence-corrected chi connectivity index (χ0v) is 14.9. The summed E-state index contributed by atoms with van der Waals surface area (Å²) in [5.74, 6) is 0.830. The van der Waals surface area contributed by atoms with E-state index in [1.54, 1.807) is 11.8 Å². The minimum atomic E-state index is -0.279. The molecule has 1 heterocycles. The largest absolute Gasteiger partial charge is 0.491 e. The molecule has 0 radical (unpaired) electrons. The number of ether oxygens (including phenoxy) is 2. The number of likely N-dealkylation sites (tertiary alicyclic amines) is 1. The molecule has 1 aliphatic rings. The summed E-state index contributed by atoms with van der Waals surface area (Å²) in [5, 5.41) is 5.73. The normalized spacial score (nSPS) is 14.7. The SMILES string of the molecule is CCOC(=O)N1CCC(NC(=O)NCCOc2ccccc2C)CC1. The number of rotatable bonds is 6. The molecule has 3 amide bonds. The summed E-state index contributed by atoms with van der Waals surface area (Å²) in [7, 11) is 0. The first-order valence-electron chi connectivity index (χ1n) is 8.74. The molecule has 0 atom stereocenters. The van der Waals surface area contributed by atoms with Crippen LogP contribution in [0.1, 0.15) is 25.3 Å². The van der Waals surface area contributed by atoms with Gasteiger partial charge in [0, 0.05) is 19.1 Å². The zero-order chi connectivity index (χ0) is 18.1. The quantitative estimate of drug-likeness (QED) is 0.772. The Labute approximate surface area is 148 Å². The smallest absolute Gasteiger partial charge is 0.409 e. The Balaban J connectivity index is 1.60. The number of aryl methyl sites for hydroxylation is 1. The maximum absolute atomic E-state index is 11.9. The van der Waals surface area contributed by atoms with Gasteiger partial charge in [-0.2, -0.15) is 0 Å². The number of urea groups is 1. The van der Waals surface area contributed by atoms with E-state index in [0.29, 0.717) is 32.8 Å². The second-order valence-electron chi connectivity index (χ2n) is 5.97. The number of benzene rings is 1. The van der Waals surface area contributed by atoms with Crippen molar-refractivity contribution in [2.24, 2.45) is 0 Å². The number of hydrogen-bond acceptors (Lipinski definition) is 4.